The molecule has 3 aromatic rings. The van der Waals surface area contributed by atoms with Gasteiger partial charge in [0.25, 0.3) is 5.91 Å². The van der Waals surface area contributed by atoms with Gasteiger partial charge in [-0.3, -0.25) is 4.79 Å². The molecule has 5 rings (SSSR count). The number of benzene rings is 1. The maximum Gasteiger partial charge on any atom is 0.321 e. The molecular weight excluding hydrogens is 492 g/mol. The molecule has 10 nitrogen and oxygen atoms in total. The standard InChI is InChI=1S/C29H40N8O2/c1-5-29(2,3)33-24-7-6-10-30-26(24)35-15-17-36(18-16-35)27(38)25-20-21-19-22(8-9-23(21)32-25)31-28(39)37-13-11-34(4)12-14-37/h6-10,19-20,32-33H,5,11-18H2,1-4H3,(H,31,39). The number of amides is 3. The van der Waals surface area contributed by atoms with E-state index in [1.54, 1.807) is 0 Å². The molecule has 2 fully saturated rings. The van der Waals surface area contributed by atoms with E-state index in [-0.39, 0.29) is 17.5 Å². The fourth-order valence-electron chi connectivity index (χ4n) is 5.03. The zero-order valence-corrected chi connectivity index (χ0v) is 23.5. The van der Waals surface area contributed by atoms with Crippen LogP contribution in [0.3, 0.4) is 0 Å². The number of hydrogen-bond acceptors (Lipinski definition) is 6. The Bertz CT molecular complexity index is 1320. The average Bonchev–Trinajstić information content (AvgIpc) is 3.37. The van der Waals surface area contributed by atoms with Crippen LogP contribution in [0.15, 0.2) is 42.6 Å². The van der Waals surface area contributed by atoms with Crippen LogP contribution in [0.4, 0.5) is 22.0 Å². The lowest BCUT2D eigenvalue weighted by molar-refractivity contribution is 0.0741. The highest BCUT2D eigenvalue weighted by Gasteiger charge is 2.26. The summed E-state index contributed by atoms with van der Waals surface area (Å²) in [5.41, 5.74) is 3.15. The number of nitrogens with zero attached hydrogens (tertiary/aromatic N) is 5. The first-order chi connectivity index (χ1) is 18.7. The quantitative estimate of drug-likeness (QED) is 0.445. The number of urea groups is 1. The molecule has 2 saturated heterocycles. The molecule has 2 aliphatic heterocycles. The Balaban J connectivity index is 1.21. The van der Waals surface area contributed by atoms with Crippen LogP contribution >= 0.6 is 0 Å². The summed E-state index contributed by atoms with van der Waals surface area (Å²) in [4.78, 5) is 42.2. The maximum absolute atomic E-state index is 13.4. The molecule has 39 heavy (non-hydrogen) atoms. The fraction of sp³-hybridized carbons (Fsp3) is 0.483. The Hall–Kier alpha value is -3.79. The second kappa shape index (κ2) is 11.1. The van der Waals surface area contributed by atoms with Gasteiger partial charge >= 0.3 is 6.03 Å². The summed E-state index contributed by atoms with van der Waals surface area (Å²) in [7, 11) is 2.07. The molecular formula is C29H40N8O2. The molecule has 0 bridgehead atoms. The zero-order chi connectivity index (χ0) is 27.6. The van der Waals surface area contributed by atoms with Gasteiger partial charge in [-0.05, 0) is 63.7 Å². The number of carbonyl (C=O) groups excluding carboxylic acids is 2. The Morgan fingerprint density at radius 2 is 1.69 bits per heavy atom. The van der Waals surface area contributed by atoms with Gasteiger partial charge in [-0.25, -0.2) is 9.78 Å². The van der Waals surface area contributed by atoms with Gasteiger partial charge in [0.2, 0.25) is 0 Å². The van der Waals surface area contributed by atoms with E-state index in [0.717, 1.165) is 60.7 Å². The molecule has 0 saturated carbocycles. The second-order valence-corrected chi connectivity index (χ2v) is 11.2. The van der Waals surface area contributed by atoms with Crippen molar-refractivity contribution < 1.29 is 9.59 Å². The van der Waals surface area contributed by atoms with E-state index in [9.17, 15) is 9.59 Å². The zero-order valence-electron chi connectivity index (χ0n) is 23.5. The smallest absolute Gasteiger partial charge is 0.321 e. The van der Waals surface area contributed by atoms with Crippen LogP contribution in [0.1, 0.15) is 37.7 Å². The summed E-state index contributed by atoms with van der Waals surface area (Å²) in [6, 6.07) is 11.5. The molecule has 208 valence electrons. The number of nitrogens with one attached hydrogen (secondary N) is 3. The summed E-state index contributed by atoms with van der Waals surface area (Å²) < 4.78 is 0. The largest absolute Gasteiger partial charge is 0.377 e. The summed E-state index contributed by atoms with van der Waals surface area (Å²) in [6.45, 7) is 12.4. The van der Waals surface area contributed by atoms with Gasteiger partial charge in [-0.15, -0.1) is 0 Å². The van der Waals surface area contributed by atoms with Crippen LogP contribution < -0.4 is 15.5 Å². The van der Waals surface area contributed by atoms with Crippen LogP contribution in [0.2, 0.25) is 0 Å². The fourth-order valence-corrected chi connectivity index (χ4v) is 5.03. The minimum Gasteiger partial charge on any atom is -0.377 e. The van der Waals surface area contributed by atoms with Crippen molar-refractivity contribution in [2.75, 3.05) is 74.9 Å². The van der Waals surface area contributed by atoms with Crippen molar-refractivity contribution >= 4 is 40.0 Å². The Morgan fingerprint density at radius 1 is 0.974 bits per heavy atom. The first-order valence-corrected chi connectivity index (χ1v) is 13.9. The third kappa shape index (κ3) is 6.11. The van der Waals surface area contributed by atoms with Crippen LogP contribution in [0.5, 0.6) is 0 Å². The Labute approximate surface area is 230 Å². The van der Waals surface area contributed by atoms with E-state index < -0.39 is 0 Å². The molecule has 10 heteroatoms. The van der Waals surface area contributed by atoms with Gasteiger partial charge in [0, 0.05) is 80.7 Å². The lowest BCUT2D eigenvalue weighted by Crippen LogP contribution is -2.49. The highest BCUT2D eigenvalue weighted by molar-refractivity contribution is 6.00. The summed E-state index contributed by atoms with van der Waals surface area (Å²) in [5, 5.41) is 7.53. The molecule has 0 atom stereocenters. The predicted octanol–water partition coefficient (Wildman–Crippen LogP) is 3.91. The van der Waals surface area contributed by atoms with Crippen molar-refractivity contribution in [1.29, 1.82) is 0 Å². The molecule has 0 unspecified atom stereocenters. The number of aromatic nitrogens is 2. The number of H-pyrrole nitrogens is 1. The van der Waals surface area contributed by atoms with Crippen LogP contribution in [-0.4, -0.2) is 102 Å². The van der Waals surface area contributed by atoms with Crippen molar-refractivity contribution in [3.05, 3.63) is 48.3 Å². The molecule has 0 spiro atoms. The molecule has 2 aliphatic rings. The molecule has 4 heterocycles. The van der Waals surface area contributed by atoms with Gasteiger partial charge < -0.3 is 35.2 Å². The van der Waals surface area contributed by atoms with E-state index >= 15 is 0 Å². The third-order valence-corrected chi connectivity index (χ3v) is 7.90. The highest BCUT2D eigenvalue weighted by Crippen LogP contribution is 2.28. The first kappa shape index (κ1) is 26.8. The minimum absolute atomic E-state index is 0.0136. The van der Waals surface area contributed by atoms with Crippen LogP contribution in [0, 0.1) is 0 Å². The van der Waals surface area contributed by atoms with Gasteiger partial charge in [-0.1, -0.05) is 6.92 Å². The number of carbonyl (C=O) groups is 2. The SMILES string of the molecule is CCC(C)(C)Nc1cccnc1N1CCN(C(=O)c2cc3cc(NC(=O)N4CCN(C)CC4)ccc3[nH]2)CC1. The van der Waals surface area contributed by atoms with E-state index in [1.807, 2.05) is 46.3 Å². The van der Waals surface area contributed by atoms with Crippen molar-refractivity contribution in [1.82, 2.24) is 24.7 Å². The molecule has 3 N–H and O–H groups in total. The van der Waals surface area contributed by atoms with E-state index in [1.165, 1.54) is 0 Å². The summed E-state index contributed by atoms with van der Waals surface area (Å²) in [5.74, 6) is 0.920. The number of rotatable bonds is 6. The number of anilines is 3. The van der Waals surface area contributed by atoms with Crippen molar-refractivity contribution in [3.8, 4) is 0 Å². The number of pyridine rings is 1. The molecule has 0 radical (unpaired) electrons. The predicted molar refractivity (Wildman–Crippen MR) is 157 cm³/mol. The monoisotopic (exact) mass is 532 g/mol. The third-order valence-electron chi connectivity index (χ3n) is 7.90. The number of piperazine rings is 2. The second-order valence-electron chi connectivity index (χ2n) is 11.2. The topological polar surface area (TPSA) is 99.8 Å². The average molecular weight is 533 g/mol. The Morgan fingerprint density at radius 3 is 2.41 bits per heavy atom. The van der Waals surface area contributed by atoms with Crippen molar-refractivity contribution in [3.63, 3.8) is 0 Å². The summed E-state index contributed by atoms with van der Waals surface area (Å²) in [6.07, 6.45) is 2.82. The van der Waals surface area contributed by atoms with Gasteiger partial charge in [-0.2, -0.15) is 0 Å². The minimum atomic E-state index is -0.0864. The van der Waals surface area contributed by atoms with E-state index in [0.29, 0.717) is 31.9 Å². The van der Waals surface area contributed by atoms with Gasteiger partial charge in [0.05, 0.1) is 5.69 Å². The molecule has 3 amide bonds. The highest BCUT2D eigenvalue weighted by atomic mass is 16.2. The van der Waals surface area contributed by atoms with Crippen molar-refractivity contribution in [2.24, 2.45) is 0 Å². The van der Waals surface area contributed by atoms with Crippen molar-refractivity contribution in [2.45, 2.75) is 32.7 Å². The van der Waals surface area contributed by atoms with E-state index in [2.05, 4.69) is 64.3 Å². The number of hydrogen-bond donors (Lipinski definition) is 3. The molecule has 1 aromatic carbocycles. The maximum atomic E-state index is 13.4. The molecule has 2 aromatic heterocycles. The van der Waals surface area contributed by atoms with Gasteiger partial charge in [0.1, 0.15) is 5.69 Å². The van der Waals surface area contributed by atoms with E-state index in [4.69, 9.17) is 0 Å². The number of likely N-dealkylation sites (N-methyl/N-ethyl adjacent to an activating group) is 1. The lowest BCUT2D eigenvalue weighted by Gasteiger charge is -2.37. The molecule has 0 aliphatic carbocycles. The number of fused-ring (bicyclic) bond motifs is 1. The van der Waals surface area contributed by atoms with Crippen LogP contribution in [0.25, 0.3) is 10.9 Å². The number of aromatic amines is 1. The van der Waals surface area contributed by atoms with Crippen LogP contribution in [-0.2, 0) is 0 Å². The Kier molecular flexibility index (Phi) is 7.65. The lowest BCUT2D eigenvalue weighted by atomic mass is 10.0. The summed E-state index contributed by atoms with van der Waals surface area (Å²) >= 11 is 0. The first-order valence-electron chi connectivity index (χ1n) is 13.9. The normalized spacial score (nSPS) is 17.0. The van der Waals surface area contributed by atoms with Gasteiger partial charge in [0.15, 0.2) is 5.82 Å².